The summed E-state index contributed by atoms with van der Waals surface area (Å²) in [7, 11) is 0. The van der Waals surface area contributed by atoms with Crippen LogP contribution in [0, 0.1) is 10.1 Å². The molecule has 0 atom stereocenters. The van der Waals surface area contributed by atoms with Gasteiger partial charge in [-0.15, -0.1) is 0 Å². The maximum absolute atomic E-state index is 11.1. The molecule has 2 aromatic rings. The Morgan fingerprint density at radius 2 is 2.00 bits per heavy atom. The van der Waals surface area contributed by atoms with E-state index in [0.29, 0.717) is 4.47 Å². The molecule has 2 rings (SSSR count). The van der Waals surface area contributed by atoms with Crippen LogP contribution in [0.15, 0.2) is 46.9 Å². The van der Waals surface area contributed by atoms with Crippen LogP contribution in [0.4, 0.5) is 5.69 Å². The second-order valence-electron chi connectivity index (χ2n) is 3.80. The van der Waals surface area contributed by atoms with Crippen molar-refractivity contribution in [1.82, 2.24) is 0 Å². The summed E-state index contributed by atoms with van der Waals surface area (Å²) in [6.07, 6.45) is 0. The van der Waals surface area contributed by atoms with E-state index >= 15 is 0 Å². The molecular weight excluding hydrogens is 330 g/mol. The Morgan fingerprint density at radius 1 is 1.25 bits per heavy atom. The van der Waals surface area contributed by atoms with Gasteiger partial charge in [0.05, 0.1) is 11.0 Å². The summed E-state index contributed by atoms with van der Waals surface area (Å²) in [5, 5.41) is 19.8. The molecular formula is C13H8BrNO5. The summed E-state index contributed by atoms with van der Waals surface area (Å²) in [5.41, 5.74) is -0.158. The van der Waals surface area contributed by atoms with Gasteiger partial charge in [0.15, 0.2) is 0 Å². The monoisotopic (exact) mass is 337 g/mol. The van der Waals surface area contributed by atoms with E-state index in [0.717, 1.165) is 0 Å². The van der Waals surface area contributed by atoms with Gasteiger partial charge in [-0.2, -0.15) is 0 Å². The number of aromatic carboxylic acids is 1. The molecule has 0 aliphatic rings. The van der Waals surface area contributed by atoms with Crippen LogP contribution in [-0.4, -0.2) is 16.0 Å². The number of rotatable bonds is 4. The number of benzene rings is 2. The van der Waals surface area contributed by atoms with Gasteiger partial charge in [0.1, 0.15) is 17.1 Å². The number of non-ortho nitro benzene ring substituents is 1. The molecule has 0 heterocycles. The second-order valence-corrected chi connectivity index (χ2v) is 4.72. The molecule has 102 valence electrons. The van der Waals surface area contributed by atoms with Crippen molar-refractivity contribution in [3.05, 3.63) is 62.6 Å². The molecule has 0 saturated carbocycles. The summed E-state index contributed by atoms with van der Waals surface area (Å²) in [5.74, 6) is -0.842. The molecule has 0 unspecified atom stereocenters. The SMILES string of the molecule is O=C(O)c1ccc(Br)cc1Oc1cccc([N+](=O)[O-])c1. The van der Waals surface area contributed by atoms with Crippen molar-refractivity contribution < 1.29 is 19.6 Å². The average molecular weight is 338 g/mol. The van der Waals surface area contributed by atoms with Gasteiger partial charge in [0.25, 0.3) is 5.69 Å². The van der Waals surface area contributed by atoms with E-state index in [1.54, 1.807) is 6.07 Å². The molecule has 7 heteroatoms. The summed E-state index contributed by atoms with van der Waals surface area (Å²) in [6, 6.07) is 9.98. The minimum Gasteiger partial charge on any atom is -0.478 e. The van der Waals surface area contributed by atoms with Crippen LogP contribution in [0.3, 0.4) is 0 Å². The highest BCUT2D eigenvalue weighted by molar-refractivity contribution is 9.10. The highest BCUT2D eigenvalue weighted by atomic mass is 79.9. The number of nitrogens with zero attached hydrogens (tertiary/aromatic N) is 1. The maximum Gasteiger partial charge on any atom is 0.339 e. The molecule has 0 bridgehead atoms. The van der Waals surface area contributed by atoms with Gasteiger partial charge in [0.2, 0.25) is 0 Å². The maximum atomic E-state index is 11.1. The smallest absolute Gasteiger partial charge is 0.339 e. The molecule has 1 N–H and O–H groups in total. The topological polar surface area (TPSA) is 89.7 Å². The fourth-order valence-electron chi connectivity index (χ4n) is 1.54. The highest BCUT2D eigenvalue weighted by Crippen LogP contribution is 2.30. The third-order valence-electron chi connectivity index (χ3n) is 2.43. The molecule has 6 nitrogen and oxygen atoms in total. The van der Waals surface area contributed by atoms with Crippen LogP contribution < -0.4 is 4.74 Å². The average Bonchev–Trinajstić information content (AvgIpc) is 2.38. The van der Waals surface area contributed by atoms with Gasteiger partial charge >= 0.3 is 5.97 Å². The van der Waals surface area contributed by atoms with Crippen LogP contribution in [0.1, 0.15) is 10.4 Å². The normalized spacial score (nSPS) is 10.1. The van der Waals surface area contributed by atoms with E-state index in [1.807, 2.05) is 0 Å². The Kier molecular flexibility index (Phi) is 3.99. The molecule has 0 radical (unpaired) electrons. The van der Waals surface area contributed by atoms with Gasteiger partial charge in [-0.1, -0.05) is 22.0 Å². The molecule has 0 saturated heterocycles. The lowest BCUT2D eigenvalue weighted by molar-refractivity contribution is -0.384. The quantitative estimate of drug-likeness (QED) is 0.676. The van der Waals surface area contributed by atoms with Gasteiger partial charge in [-0.25, -0.2) is 4.79 Å². The Hall–Kier alpha value is -2.41. The zero-order valence-corrected chi connectivity index (χ0v) is 11.5. The number of carboxylic acids is 1. The summed E-state index contributed by atoms with van der Waals surface area (Å²) in [6.45, 7) is 0. The molecule has 20 heavy (non-hydrogen) atoms. The number of hydrogen-bond donors (Lipinski definition) is 1. The van der Waals surface area contributed by atoms with Gasteiger partial charge in [-0.3, -0.25) is 10.1 Å². The van der Waals surface area contributed by atoms with Crippen molar-refractivity contribution in [3.63, 3.8) is 0 Å². The largest absolute Gasteiger partial charge is 0.478 e. The minimum atomic E-state index is -1.14. The molecule has 0 spiro atoms. The van der Waals surface area contributed by atoms with Crippen molar-refractivity contribution in [2.45, 2.75) is 0 Å². The fraction of sp³-hybridized carbons (Fsp3) is 0. The number of hydrogen-bond acceptors (Lipinski definition) is 4. The van der Waals surface area contributed by atoms with Crippen molar-refractivity contribution in [1.29, 1.82) is 0 Å². The third-order valence-corrected chi connectivity index (χ3v) is 2.92. The summed E-state index contributed by atoms with van der Waals surface area (Å²) < 4.78 is 6.07. The first-order valence-electron chi connectivity index (χ1n) is 5.42. The lowest BCUT2D eigenvalue weighted by Gasteiger charge is -2.09. The van der Waals surface area contributed by atoms with E-state index in [9.17, 15) is 14.9 Å². The van der Waals surface area contributed by atoms with Crippen molar-refractivity contribution in [2.75, 3.05) is 0 Å². The molecule has 0 fully saturated rings. The van der Waals surface area contributed by atoms with Gasteiger partial charge < -0.3 is 9.84 Å². The van der Waals surface area contributed by atoms with Crippen molar-refractivity contribution in [2.24, 2.45) is 0 Å². The number of carboxylic acid groups (broad SMARTS) is 1. The Labute approximate surface area is 121 Å². The Bertz CT molecular complexity index is 686. The predicted molar refractivity (Wildman–Crippen MR) is 74.3 cm³/mol. The Balaban J connectivity index is 2.39. The number of nitro benzene ring substituents is 1. The lowest BCUT2D eigenvalue weighted by Crippen LogP contribution is -2.00. The van der Waals surface area contributed by atoms with Crippen molar-refractivity contribution in [3.8, 4) is 11.5 Å². The molecule has 0 aliphatic heterocycles. The van der Waals surface area contributed by atoms with Crippen LogP contribution in [0.5, 0.6) is 11.5 Å². The van der Waals surface area contributed by atoms with Gasteiger partial charge in [0, 0.05) is 10.5 Å². The van der Waals surface area contributed by atoms with Crippen LogP contribution in [0.2, 0.25) is 0 Å². The number of ether oxygens (including phenoxy) is 1. The molecule has 0 aromatic heterocycles. The standard InChI is InChI=1S/C13H8BrNO5/c14-8-4-5-11(13(16)17)12(6-8)20-10-3-1-2-9(7-10)15(18)19/h1-7H,(H,16,17). The van der Waals surface area contributed by atoms with Crippen LogP contribution in [-0.2, 0) is 0 Å². The first-order valence-corrected chi connectivity index (χ1v) is 6.22. The Morgan fingerprint density at radius 3 is 2.65 bits per heavy atom. The number of halogens is 1. The van der Waals surface area contributed by atoms with E-state index in [4.69, 9.17) is 9.84 Å². The number of carbonyl (C=O) groups is 1. The molecule has 0 aliphatic carbocycles. The summed E-state index contributed by atoms with van der Waals surface area (Å²) in [4.78, 5) is 21.2. The zero-order chi connectivity index (χ0) is 14.7. The molecule has 2 aromatic carbocycles. The first kappa shape index (κ1) is 14.0. The first-order chi connectivity index (χ1) is 9.47. The van der Waals surface area contributed by atoms with E-state index in [-0.39, 0.29) is 22.7 Å². The predicted octanol–water partition coefficient (Wildman–Crippen LogP) is 3.85. The van der Waals surface area contributed by atoms with Crippen molar-refractivity contribution >= 4 is 27.6 Å². The fourth-order valence-corrected chi connectivity index (χ4v) is 1.88. The van der Waals surface area contributed by atoms with E-state index in [2.05, 4.69) is 15.9 Å². The van der Waals surface area contributed by atoms with Crippen LogP contribution >= 0.6 is 15.9 Å². The number of nitro groups is 1. The lowest BCUT2D eigenvalue weighted by atomic mass is 10.2. The highest BCUT2D eigenvalue weighted by Gasteiger charge is 2.14. The second kappa shape index (κ2) is 5.70. The molecule has 0 amide bonds. The zero-order valence-electron chi connectivity index (χ0n) is 9.95. The third kappa shape index (κ3) is 3.12. The van der Waals surface area contributed by atoms with Crippen LogP contribution in [0.25, 0.3) is 0 Å². The van der Waals surface area contributed by atoms with E-state index in [1.165, 1.54) is 36.4 Å². The van der Waals surface area contributed by atoms with E-state index < -0.39 is 10.9 Å². The summed E-state index contributed by atoms with van der Waals surface area (Å²) >= 11 is 3.22. The van der Waals surface area contributed by atoms with Gasteiger partial charge in [-0.05, 0) is 24.3 Å². The minimum absolute atomic E-state index is 0.0280.